The van der Waals surface area contributed by atoms with Crippen LogP contribution in [-0.2, 0) is 19.1 Å². The number of primary amides is 3. The number of halogens is 4. The van der Waals surface area contributed by atoms with Gasteiger partial charge in [-0.25, -0.2) is 18.0 Å². The Morgan fingerprint density at radius 3 is 1.57 bits per heavy atom. The summed E-state index contributed by atoms with van der Waals surface area (Å²) in [6.45, 7) is 0.483. The summed E-state index contributed by atoms with van der Waals surface area (Å²) in [6.07, 6.45) is -3.36. The second-order valence-electron chi connectivity index (χ2n) is 11.1. The first-order valence-electron chi connectivity index (χ1n) is 14.3. The van der Waals surface area contributed by atoms with Crippen LogP contribution >= 0.6 is 12.4 Å². The second kappa shape index (κ2) is 17.6. The number of amides is 4. The van der Waals surface area contributed by atoms with Gasteiger partial charge in [-0.15, -0.1) is 12.4 Å². The monoisotopic (exact) mass is 726 g/mol. The van der Waals surface area contributed by atoms with Gasteiger partial charge in [0.25, 0.3) is 0 Å². The number of alkyl halides is 3. The third kappa shape index (κ3) is 9.64. The van der Waals surface area contributed by atoms with E-state index in [0.29, 0.717) is 0 Å². The summed E-state index contributed by atoms with van der Waals surface area (Å²) in [4.78, 5) is 45.6. The average molecular weight is 728 g/mol. The molecule has 0 bridgehead atoms. The Balaban J connectivity index is 0.000000303. The molecule has 16 heteroatoms. The summed E-state index contributed by atoms with van der Waals surface area (Å²) < 4.78 is 43.6. The number of benzene rings is 2. The van der Waals surface area contributed by atoms with Gasteiger partial charge in [0.2, 0.25) is 17.7 Å². The summed E-state index contributed by atoms with van der Waals surface area (Å²) >= 11 is 0. The van der Waals surface area contributed by atoms with Crippen molar-refractivity contribution in [3.63, 3.8) is 0 Å². The van der Waals surface area contributed by atoms with E-state index < -0.39 is 60.5 Å². The van der Waals surface area contributed by atoms with Crippen LogP contribution in [0.4, 0.5) is 18.0 Å². The van der Waals surface area contributed by atoms with Crippen LogP contribution in [0.25, 0.3) is 11.1 Å². The molecule has 1 aliphatic carbocycles. The van der Waals surface area contributed by atoms with Crippen LogP contribution in [0, 0.1) is 0 Å². The van der Waals surface area contributed by atoms with Crippen LogP contribution in [0.15, 0.2) is 48.5 Å². The molecule has 3 aliphatic heterocycles. The van der Waals surface area contributed by atoms with Gasteiger partial charge in [0, 0.05) is 38.3 Å². The number of ether oxygens (including phenoxy) is 1. The van der Waals surface area contributed by atoms with Crippen molar-refractivity contribution in [2.24, 2.45) is 17.2 Å². The van der Waals surface area contributed by atoms with Gasteiger partial charge in [-0.3, -0.25) is 19.3 Å². The molecule has 4 aliphatic rings. The van der Waals surface area contributed by atoms with Gasteiger partial charge in [0.15, 0.2) is 0 Å². The SMILES string of the molecule is Cl.NC(=O)[C@@H]1C[C@H](F)CN1.NC(=O)[C@@H]1C[C@H](F)CN1.NC(=O)[C@@H]1C[C@H](F)CN1C(=O)OCC1c2ccccc2-c2ccccc21.[GaH3]. The molecule has 2 aromatic carbocycles. The number of likely N-dealkylation sites (tertiary alicyclic amines) is 1. The molecule has 3 saturated heterocycles. The van der Waals surface area contributed by atoms with Gasteiger partial charge in [-0.1, -0.05) is 48.5 Å². The first-order chi connectivity index (χ1) is 21.0. The molecule has 6 atom stereocenters. The quantitative estimate of drug-likeness (QED) is 0.277. The van der Waals surface area contributed by atoms with E-state index in [1.54, 1.807) is 0 Å². The summed E-state index contributed by atoms with van der Waals surface area (Å²) in [6, 6.07) is 14.2. The van der Waals surface area contributed by atoms with E-state index in [2.05, 4.69) is 10.6 Å². The van der Waals surface area contributed by atoms with E-state index in [0.717, 1.165) is 27.2 Å². The first-order valence-corrected chi connectivity index (χ1v) is 14.3. The molecular weight excluding hydrogens is 687 g/mol. The van der Waals surface area contributed by atoms with E-state index in [4.69, 9.17) is 21.9 Å². The Kier molecular flexibility index (Phi) is 14.9. The summed E-state index contributed by atoms with van der Waals surface area (Å²) in [7, 11) is 0. The van der Waals surface area contributed by atoms with E-state index in [9.17, 15) is 32.3 Å². The number of nitrogens with two attached hydrogens (primary N) is 3. The zero-order valence-corrected chi connectivity index (χ0v) is 25.2. The van der Waals surface area contributed by atoms with Gasteiger partial charge in [-0.05, 0) is 22.3 Å². The van der Waals surface area contributed by atoms with Gasteiger partial charge in [-0.2, -0.15) is 0 Å². The molecule has 46 heavy (non-hydrogen) atoms. The number of fused-ring (bicyclic) bond motifs is 3. The van der Waals surface area contributed by atoms with Gasteiger partial charge in [0.05, 0.1) is 18.6 Å². The van der Waals surface area contributed by atoms with E-state index in [1.165, 1.54) is 0 Å². The van der Waals surface area contributed by atoms with Crippen molar-refractivity contribution in [2.45, 2.75) is 61.8 Å². The Morgan fingerprint density at radius 2 is 1.20 bits per heavy atom. The van der Waals surface area contributed by atoms with Crippen LogP contribution in [0.2, 0.25) is 0 Å². The van der Waals surface area contributed by atoms with Crippen molar-refractivity contribution in [3.05, 3.63) is 59.7 Å². The molecule has 3 fully saturated rings. The molecule has 0 saturated carbocycles. The number of hydrogen-bond acceptors (Lipinski definition) is 7. The molecule has 3 heterocycles. The predicted octanol–water partition coefficient (Wildman–Crippen LogP) is 0.415. The van der Waals surface area contributed by atoms with E-state index >= 15 is 0 Å². The third-order valence-electron chi connectivity index (χ3n) is 7.99. The molecule has 0 radical (unpaired) electrons. The van der Waals surface area contributed by atoms with Gasteiger partial charge >= 0.3 is 25.9 Å². The van der Waals surface area contributed by atoms with Crippen molar-refractivity contribution < 1.29 is 37.1 Å². The standard InChI is InChI=1S/C20H19FN2O3.2C5H9FN2O.ClH.Ga.3H/c21-12-9-18(19(22)24)23(10-12)20(25)26-11-17-15-7-3-1-5-13(15)14-6-2-4-8-16(14)17;2*6-3-1-4(5(7)9)8-2-3;;;;;/h1-8,12,17-18H,9-11H2,(H2,22,24);2*3-4,8H,1-2H2,(H2,7,9);1H;;;;/t12-,18-;2*3-,4-;;;;;/m000...../s1. The third-order valence-corrected chi connectivity index (χ3v) is 7.99. The summed E-state index contributed by atoms with van der Waals surface area (Å²) in [5.41, 5.74) is 19.5. The van der Waals surface area contributed by atoms with Crippen LogP contribution in [0.3, 0.4) is 0 Å². The van der Waals surface area contributed by atoms with Crippen molar-refractivity contribution >= 4 is 56.0 Å². The Hall–Kier alpha value is -3.24. The minimum atomic E-state index is -1.26. The topological polar surface area (TPSA) is 183 Å². The molecule has 6 rings (SSSR count). The first kappa shape index (κ1) is 38.9. The van der Waals surface area contributed by atoms with Gasteiger partial charge in [0.1, 0.15) is 31.2 Å². The van der Waals surface area contributed by atoms with E-state index in [1.807, 2.05) is 48.5 Å². The predicted molar refractivity (Wildman–Crippen MR) is 172 cm³/mol. The van der Waals surface area contributed by atoms with Crippen molar-refractivity contribution in [3.8, 4) is 11.1 Å². The Labute approximate surface area is 284 Å². The zero-order chi connectivity index (χ0) is 32.0. The molecule has 8 N–H and O–H groups in total. The fraction of sp³-hybridized carbons (Fsp3) is 0.467. The molecule has 0 aromatic heterocycles. The average Bonchev–Trinajstić information content (AvgIpc) is 3.78. The maximum absolute atomic E-state index is 13.6. The molecule has 252 valence electrons. The van der Waals surface area contributed by atoms with Crippen LogP contribution in [-0.4, -0.2) is 111 Å². The molecular formula is C30H41ClF3GaN6O5. The number of carbonyl (C=O) groups excluding carboxylic acids is 4. The molecule has 11 nitrogen and oxygen atoms in total. The van der Waals surface area contributed by atoms with Crippen LogP contribution in [0.1, 0.15) is 36.3 Å². The molecule has 4 amide bonds. The number of nitrogens with zero attached hydrogens (tertiary/aromatic N) is 1. The van der Waals surface area contributed by atoms with E-state index in [-0.39, 0.29) is 83.6 Å². The van der Waals surface area contributed by atoms with Crippen LogP contribution < -0.4 is 27.8 Å². The fourth-order valence-electron chi connectivity index (χ4n) is 5.75. The molecule has 2 aromatic rings. The Bertz CT molecular complexity index is 1300. The van der Waals surface area contributed by atoms with Crippen molar-refractivity contribution in [1.29, 1.82) is 0 Å². The fourth-order valence-corrected chi connectivity index (χ4v) is 5.75. The van der Waals surface area contributed by atoms with Gasteiger partial charge < -0.3 is 32.6 Å². The number of hydrogen-bond donors (Lipinski definition) is 5. The van der Waals surface area contributed by atoms with Crippen molar-refractivity contribution in [1.82, 2.24) is 15.5 Å². The molecule has 0 unspecified atom stereocenters. The number of nitrogens with one attached hydrogen (secondary N) is 2. The zero-order valence-electron chi connectivity index (χ0n) is 24.4. The number of rotatable bonds is 5. The summed E-state index contributed by atoms with van der Waals surface area (Å²) in [5, 5.41) is 5.31. The van der Waals surface area contributed by atoms with Crippen LogP contribution in [0.5, 0.6) is 0 Å². The summed E-state index contributed by atoms with van der Waals surface area (Å²) in [5.74, 6) is -1.72. The maximum atomic E-state index is 13.6. The second-order valence-corrected chi connectivity index (χ2v) is 11.1. The number of carbonyl (C=O) groups is 4. The minimum absolute atomic E-state index is 0. The normalized spacial score (nSPS) is 25.7. The molecule has 0 spiro atoms. The Morgan fingerprint density at radius 1 is 0.739 bits per heavy atom. The van der Waals surface area contributed by atoms with Crippen molar-refractivity contribution in [2.75, 3.05) is 26.2 Å².